The molecule has 22 heavy (non-hydrogen) atoms. The van der Waals surface area contributed by atoms with Gasteiger partial charge in [-0.1, -0.05) is 32.6 Å². The minimum atomic E-state index is -0.570. The van der Waals surface area contributed by atoms with E-state index >= 15 is 0 Å². The van der Waals surface area contributed by atoms with Gasteiger partial charge in [-0.3, -0.25) is 4.79 Å². The molecule has 4 heteroatoms. The molecule has 4 nitrogen and oxygen atoms in total. The van der Waals surface area contributed by atoms with Gasteiger partial charge in [0, 0.05) is 17.9 Å². The molecular formula is C18H22O4. The van der Waals surface area contributed by atoms with Crippen LogP contribution in [-0.2, 0) is 0 Å². The van der Waals surface area contributed by atoms with Crippen molar-refractivity contribution in [1.29, 1.82) is 0 Å². The topological polar surface area (TPSA) is 56.5 Å². The van der Waals surface area contributed by atoms with Crippen LogP contribution in [0.15, 0.2) is 33.5 Å². The van der Waals surface area contributed by atoms with E-state index in [0.29, 0.717) is 17.8 Å². The first kappa shape index (κ1) is 16.3. The normalized spacial score (nSPS) is 10.8. The zero-order valence-electron chi connectivity index (χ0n) is 13.2. The van der Waals surface area contributed by atoms with Crippen LogP contribution < -0.4 is 10.4 Å². The van der Waals surface area contributed by atoms with Crippen molar-refractivity contribution in [3.8, 4) is 5.75 Å². The number of carbonyl (C=O) groups excluding carboxylic acids is 1. The Morgan fingerprint density at radius 3 is 2.64 bits per heavy atom. The van der Waals surface area contributed by atoms with Gasteiger partial charge in [0.15, 0.2) is 5.78 Å². The molecular weight excluding hydrogens is 280 g/mol. The fraction of sp³-hybridized carbons (Fsp3) is 0.444. The van der Waals surface area contributed by atoms with Crippen LogP contribution in [0.4, 0.5) is 0 Å². The maximum Gasteiger partial charge on any atom is 0.347 e. The van der Waals surface area contributed by atoms with E-state index in [4.69, 9.17) is 9.15 Å². The lowest BCUT2D eigenvalue weighted by Gasteiger charge is -2.04. The fourth-order valence-electron chi connectivity index (χ4n) is 2.44. The standard InChI is InChI=1S/C18H22O4/c1-3-4-5-6-7-8-16(19)15-11-13-9-10-14(21-2)12-17(13)22-18(15)20/h9-12H,3-8H2,1-2H3. The van der Waals surface area contributed by atoms with Crippen molar-refractivity contribution in [2.45, 2.75) is 45.4 Å². The highest BCUT2D eigenvalue weighted by atomic mass is 16.5. The quantitative estimate of drug-likeness (QED) is 0.413. The van der Waals surface area contributed by atoms with E-state index in [1.54, 1.807) is 31.4 Å². The molecule has 0 spiro atoms. The van der Waals surface area contributed by atoms with Gasteiger partial charge >= 0.3 is 5.63 Å². The number of hydrogen-bond donors (Lipinski definition) is 0. The molecule has 0 aliphatic carbocycles. The molecule has 2 rings (SSSR count). The van der Waals surface area contributed by atoms with Crippen LogP contribution in [0.3, 0.4) is 0 Å². The minimum Gasteiger partial charge on any atom is -0.497 e. The molecule has 2 aromatic rings. The number of methoxy groups -OCH3 is 1. The molecule has 0 aliphatic rings. The van der Waals surface area contributed by atoms with Gasteiger partial charge in [0.05, 0.1) is 7.11 Å². The van der Waals surface area contributed by atoms with Crippen LogP contribution in [0, 0.1) is 0 Å². The molecule has 0 saturated carbocycles. The maximum absolute atomic E-state index is 12.2. The predicted octanol–water partition coefficient (Wildman–Crippen LogP) is 4.34. The summed E-state index contributed by atoms with van der Waals surface area (Å²) in [7, 11) is 1.55. The third-order valence-corrected chi connectivity index (χ3v) is 3.75. The zero-order chi connectivity index (χ0) is 15.9. The predicted molar refractivity (Wildman–Crippen MR) is 86.7 cm³/mol. The van der Waals surface area contributed by atoms with Crippen LogP contribution in [0.25, 0.3) is 11.0 Å². The van der Waals surface area contributed by atoms with Gasteiger partial charge < -0.3 is 9.15 Å². The first-order valence-corrected chi connectivity index (χ1v) is 7.80. The summed E-state index contributed by atoms with van der Waals surface area (Å²) in [6, 6.07) is 6.83. The van der Waals surface area contributed by atoms with Gasteiger partial charge in [0.2, 0.25) is 0 Å². The highest BCUT2D eigenvalue weighted by Gasteiger charge is 2.13. The Morgan fingerprint density at radius 1 is 1.14 bits per heavy atom. The van der Waals surface area contributed by atoms with Gasteiger partial charge in [-0.05, 0) is 24.6 Å². The molecule has 0 fully saturated rings. The van der Waals surface area contributed by atoms with Crippen molar-refractivity contribution < 1.29 is 13.9 Å². The van der Waals surface area contributed by atoms with Gasteiger partial charge in [0.25, 0.3) is 0 Å². The molecule has 118 valence electrons. The summed E-state index contributed by atoms with van der Waals surface area (Å²) in [6.07, 6.45) is 5.74. The van der Waals surface area contributed by atoms with E-state index in [2.05, 4.69) is 6.92 Å². The Kier molecular flexibility index (Phi) is 5.75. The smallest absolute Gasteiger partial charge is 0.347 e. The number of fused-ring (bicyclic) bond motifs is 1. The number of unbranched alkanes of at least 4 members (excludes halogenated alkanes) is 4. The maximum atomic E-state index is 12.2. The van der Waals surface area contributed by atoms with Gasteiger partial charge in [-0.25, -0.2) is 4.79 Å². The molecule has 0 atom stereocenters. The summed E-state index contributed by atoms with van der Waals surface area (Å²) in [5.41, 5.74) is 0.0105. The van der Waals surface area contributed by atoms with Gasteiger partial charge in [0.1, 0.15) is 16.9 Å². The number of ether oxygens (including phenoxy) is 1. The molecule has 0 aliphatic heterocycles. The minimum absolute atomic E-state index is 0.136. The molecule has 0 bridgehead atoms. The Balaban J connectivity index is 2.12. The summed E-state index contributed by atoms with van der Waals surface area (Å²) >= 11 is 0. The van der Waals surface area contributed by atoms with Crippen LogP contribution in [0.5, 0.6) is 5.75 Å². The Bertz CT molecular complexity index is 700. The SMILES string of the molecule is CCCCCCCC(=O)c1cc2ccc(OC)cc2oc1=O. The Hall–Kier alpha value is -2.10. The number of benzene rings is 1. The summed E-state index contributed by atoms with van der Waals surface area (Å²) < 4.78 is 10.3. The summed E-state index contributed by atoms with van der Waals surface area (Å²) in [6.45, 7) is 2.15. The first-order valence-electron chi connectivity index (χ1n) is 7.80. The Morgan fingerprint density at radius 2 is 1.91 bits per heavy atom. The molecule has 0 amide bonds. The van der Waals surface area contributed by atoms with Crippen LogP contribution >= 0.6 is 0 Å². The second-order valence-corrected chi connectivity index (χ2v) is 5.44. The van der Waals surface area contributed by atoms with E-state index in [0.717, 1.165) is 24.6 Å². The summed E-state index contributed by atoms with van der Waals surface area (Å²) in [5.74, 6) is 0.480. The molecule has 1 heterocycles. The van der Waals surface area contributed by atoms with Crippen molar-refractivity contribution in [1.82, 2.24) is 0 Å². The second kappa shape index (κ2) is 7.78. The number of hydrogen-bond acceptors (Lipinski definition) is 4. The van der Waals surface area contributed by atoms with Gasteiger partial charge in [-0.15, -0.1) is 0 Å². The average molecular weight is 302 g/mol. The lowest BCUT2D eigenvalue weighted by molar-refractivity contribution is 0.0975. The molecule has 1 aromatic carbocycles. The summed E-state index contributed by atoms with van der Waals surface area (Å²) in [5, 5.41) is 0.731. The molecule has 0 N–H and O–H groups in total. The second-order valence-electron chi connectivity index (χ2n) is 5.44. The number of rotatable bonds is 8. The Labute approximate surface area is 130 Å². The van der Waals surface area contributed by atoms with E-state index in [1.165, 1.54) is 12.8 Å². The lowest BCUT2D eigenvalue weighted by Crippen LogP contribution is -2.13. The number of carbonyl (C=O) groups is 1. The third-order valence-electron chi connectivity index (χ3n) is 3.75. The molecule has 1 aromatic heterocycles. The lowest BCUT2D eigenvalue weighted by atomic mass is 10.0. The first-order chi connectivity index (χ1) is 10.7. The van der Waals surface area contributed by atoms with E-state index in [9.17, 15) is 9.59 Å². The fourth-order valence-corrected chi connectivity index (χ4v) is 2.44. The van der Waals surface area contributed by atoms with E-state index < -0.39 is 5.63 Å². The van der Waals surface area contributed by atoms with Gasteiger partial charge in [-0.2, -0.15) is 0 Å². The van der Waals surface area contributed by atoms with E-state index in [1.807, 2.05) is 0 Å². The van der Waals surface area contributed by atoms with Crippen molar-refractivity contribution in [3.63, 3.8) is 0 Å². The monoisotopic (exact) mass is 302 g/mol. The van der Waals surface area contributed by atoms with Crippen LogP contribution in [0.2, 0.25) is 0 Å². The number of ketones is 1. The highest BCUT2D eigenvalue weighted by molar-refractivity contribution is 5.98. The van der Waals surface area contributed by atoms with Crippen molar-refractivity contribution in [2.24, 2.45) is 0 Å². The van der Waals surface area contributed by atoms with Crippen LogP contribution in [-0.4, -0.2) is 12.9 Å². The van der Waals surface area contributed by atoms with Crippen molar-refractivity contribution in [2.75, 3.05) is 7.11 Å². The van der Waals surface area contributed by atoms with E-state index in [-0.39, 0.29) is 11.3 Å². The van der Waals surface area contributed by atoms with Crippen molar-refractivity contribution in [3.05, 3.63) is 40.2 Å². The highest BCUT2D eigenvalue weighted by Crippen LogP contribution is 2.20. The van der Waals surface area contributed by atoms with Crippen molar-refractivity contribution >= 4 is 16.8 Å². The third kappa shape index (κ3) is 3.97. The largest absolute Gasteiger partial charge is 0.497 e. The summed E-state index contributed by atoms with van der Waals surface area (Å²) in [4.78, 5) is 24.2. The molecule has 0 radical (unpaired) electrons. The van der Waals surface area contributed by atoms with Crippen LogP contribution in [0.1, 0.15) is 55.8 Å². The molecule has 0 saturated heterocycles. The number of Topliss-reactive ketones (excluding diaryl/α,β-unsaturated/α-hetero) is 1. The zero-order valence-corrected chi connectivity index (χ0v) is 13.2. The average Bonchev–Trinajstić information content (AvgIpc) is 2.53. The molecule has 0 unspecified atom stereocenters.